The van der Waals surface area contributed by atoms with Crippen LogP contribution in [0.15, 0.2) is 86.0 Å². The van der Waals surface area contributed by atoms with Crippen LogP contribution in [0, 0.1) is 5.92 Å². The van der Waals surface area contributed by atoms with E-state index in [2.05, 4.69) is 32.9 Å². The van der Waals surface area contributed by atoms with E-state index in [9.17, 15) is 28.8 Å². The third-order valence-electron chi connectivity index (χ3n) is 5.49. The summed E-state index contributed by atoms with van der Waals surface area (Å²) < 4.78 is 20.9. The molecule has 3 saturated heterocycles. The van der Waals surface area contributed by atoms with Crippen molar-refractivity contribution in [3.63, 3.8) is 0 Å². The summed E-state index contributed by atoms with van der Waals surface area (Å²) in [6.07, 6.45) is 0.959. The molecule has 1 aromatic rings. The van der Waals surface area contributed by atoms with Gasteiger partial charge in [0.1, 0.15) is 17.6 Å². The van der Waals surface area contributed by atoms with Gasteiger partial charge in [-0.05, 0) is 51.5 Å². The fourth-order valence-electron chi connectivity index (χ4n) is 3.31. The van der Waals surface area contributed by atoms with E-state index < -0.39 is 42.1 Å². The molecule has 5 unspecified atom stereocenters. The molecule has 5 atom stereocenters. The minimum Gasteiger partial charge on any atom is -0.508 e. The number of rotatable bonds is 7. The molecular formula is C31H36O14Zn. The number of benzene rings is 1. The van der Waals surface area contributed by atoms with Gasteiger partial charge in [0, 0.05) is 48.3 Å². The Hall–Kier alpha value is -4.88. The summed E-state index contributed by atoms with van der Waals surface area (Å²) in [7, 11) is 0. The van der Waals surface area contributed by atoms with Crippen molar-refractivity contribution in [1.29, 1.82) is 0 Å². The van der Waals surface area contributed by atoms with E-state index in [0.717, 1.165) is 12.2 Å². The van der Waals surface area contributed by atoms with Crippen LogP contribution in [0.1, 0.15) is 27.2 Å². The molecule has 4 rings (SSSR count). The average Bonchev–Trinajstić information content (AvgIpc) is 3.61. The first-order valence-electron chi connectivity index (χ1n) is 12.8. The number of hydrogen-bond donors (Lipinski definition) is 4. The fraction of sp³-hybridized carbons (Fsp3) is 0.290. The first kappa shape index (κ1) is 43.3. The number of ether oxygens (including phenoxy) is 4. The summed E-state index contributed by atoms with van der Waals surface area (Å²) in [6, 6.07) is 5.91. The van der Waals surface area contributed by atoms with E-state index in [-0.39, 0.29) is 54.9 Å². The summed E-state index contributed by atoms with van der Waals surface area (Å²) in [5.74, 6) is -3.68. The number of carboxylic acids is 3. The molecule has 3 aliphatic rings. The van der Waals surface area contributed by atoms with E-state index in [1.807, 2.05) is 0 Å². The molecule has 0 spiro atoms. The molecule has 0 saturated carbocycles. The molecule has 3 fully saturated rings. The number of carbonyl (C=O) groups excluding carboxylic acids is 3. The molecule has 2 bridgehead atoms. The number of carbonyl (C=O) groups is 6. The molecule has 15 heteroatoms. The van der Waals surface area contributed by atoms with Gasteiger partial charge in [0.2, 0.25) is 0 Å². The van der Waals surface area contributed by atoms with Crippen LogP contribution < -0.4 is 4.74 Å². The Morgan fingerprint density at radius 1 is 0.826 bits per heavy atom. The van der Waals surface area contributed by atoms with Gasteiger partial charge >= 0.3 is 35.8 Å². The van der Waals surface area contributed by atoms with Crippen LogP contribution in [-0.4, -0.2) is 80.7 Å². The first-order chi connectivity index (χ1) is 20.9. The van der Waals surface area contributed by atoms with Gasteiger partial charge in [0.25, 0.3) is 0 Å². The zero-order valence-electron chi connectivity index (χ0n) is 25.7. The van der Waals surface area contributed by atoms with Crippen molar-refractivity contribution in [2.75, 3.05) is 0 Å². The SMILES string of the molecule is C=C(C)C(=O)O.C=C(C)C(=O)OC1C2CC3C(=O)OC1C3O2.C=C(C)C(=O)Oc1ccc(O)cc1.C=CC(=O)O.C=CC(=O)O.[Zn]. The van der Waals surface area contributed by atoms with E-state index in [4.69, 9.17) is 39.4 Å². The van der Waals surface area contributed by atoms with Crippen molar-refractivity contribution in [3.8, 4) is 11.5 Å². The van der Waals surface area contributed by atoms with E-state index in [1.54, 1.807) is 13.8 Å². The van der Waals surface area contributed by atoms with Crippen molar-refractivity contribution >= 4 is 35.8 Å². The van der Waals surface area contributed by atoms with Crippen LogP contribution in [0.3, 0.4) is 0 Å². The Labute approximate surface area is 278 Å². The number of aliphatic carboxylic acids is 3. The number of phenolic OH excluding ortho intramolecular Hbond substituents is 1. The number of esters is 3. The second kappa shape index (κ2) is 21.0. The number of phenols is 1. The number of carboxylic acid groups (broad SMARTS) is 3. The summed E-state index contributed by atoms with van der Waals surface area (Å²) in [4.78, 5) is 61.9. The van der Waals surface area contributed by atoms with Gasteiger partial charge in [-0.25, -0.2) is 24.0 Å². The van der Waals surface area contributed by atoms with E-state index in [0.29, 0.717) is 23.3 Å². The third-order valence-corrected chi connectivity index (χ3v) is 5.49. The molecular weight excluding hydrogens is 662 g/mol. The Kier molecular flexibility index (Phi) is 19.7. The molecule has 246 valence electrons. The molecule has 4 N–H and O–H groups in total. The maximum absolute atomic E-state index is 11.4. The maximum Gasteiger partial charge on any atom is 0.338 e. The van der Waals surface area contributed by atoms with Crippen LogP contribution in [0.4, 0.5) is 0 Å². The summed E-state index contributed by atoms with van der Waals surface area (Å²) >= 11 is 0. The van der Waals surface area contributed by atoms with Gasteiger partial charge in [-0.2, -0.15) is 0 Å². The molecule has 3 aliphatic heterocycles. The monoisotopic (exact) mass is 696 g/mol. The Bertz CT molecular complexity index is 1300. The van der Waals surface area contributed by atoms with E-state index >= 15 is 0 Å². The Morgan fingerprint density at radius 3 is 1.63 bits per heavy atom. The van der Waals surface area contributed by atoms with Gasteiger partial charge in [-0.1, -0.05) is 32.9 Å². The Balaban J connectivity index is 0. The van der Waals surface area contributed by atoms with Gasteiger partial charge < -0.3 is 39.4 Å². The van der Waals surface area contributed by atoms with Crippen molar-refractivity contribution in [2.24, 2.45) is 5.92 Å². The molecule has 0 amide bonds. The third kappa shape index (κ3) is 15.2. The zero-order chi connectivity index (χ0) is 35.0. The van der Waals surface area contributed by atoms with Crippen molar-refractivity contribution in [3.05, 3.63) is 86.0 Å². The molecule has 0 radical (unpaired) electrons. The van der Waals surface area contributed by atoms with Crippen LogP contribution in [0.25, 0.3) is 0 Å². The van der Waals surface area contributed by atoms with Gasteiger partial charge in [0.15, 0.2) is 12.2 Å². The maximum atomic E-state index is 11.4. The molecule has 14 nitrogen and oxygen atoms in total. The second-order valence-corrected chi connectivity index (χ2v) is 9.37. The van der Waals surface area contributed by atoms with Crippen molar-refractivity contribution in [1.82, 2.24) is 0 Å². The molecule has 46 heavy (non-hydrogen) atoms. The van der Waals surface area contributed by atoms with Crippen LogP contribution in [-0.2, 0) is 62.5 Å². The molecule has 1 aromatic carbocycles. The second-order valence-electron chi connectivity index (χ2n) is 9.37. The first-order valence-corrected chi connectivity index (χ1v) is 12.8. The number of hydrogen-bond acceptors (Lipinski definition) is 11. The molecule has 0 aromatic heterocycles. The minimum atomic E-state index is -0.981. The van der Waals surface area contributed by atoms with Crippen molar-refractivity contribution in [2.45, 2.75) is 51.6 Å². The standard InChI is InChI=1S/C11H12O5.C10H10O3.C4H6O2.2C3H4O2.Zn/c1-4(2)10(12)15-8-6-3-5-7(14-6)9(8)16-11(5)13;1-7(2)10(12)13-9-5-3-8(11)4-6-9;1-3(2)4(5)6;2*1-2-3(4)5;/h5-9H,1,3H2,2H3;3-6,11H,1H2,2H3;1H2,2H3,(H,5,6);2*2H,1H2,(H,4,5);. The van der Waals surface area contributed by atoms with Crippen LogP contribution in [0.5, 0.6) is 11.5 Å². The van der Waals surface area contributed by atoms with Gasteiger partial charge in [-0.3, -0.25) is 4.79 Å². The Morgan fingerprint density at radius 2 is 1.26 bits per heavy atom. The predicted molar refractivity (Wildman–Crippen MR) is 158 cm³/mol. The number of fused-ring (bicyclic) bond motifs is 1. The molecule has 0 aliphatic carbocycles. The summed E-state index contributed by atoms with van der Waals surface area (Å²) in [5.41, 5.74) is 0.853. The van der Waals surface area contributed by atoms with Gasteiger partial charge in [0.05, 0.1) is 12.0 Å². The summed E-state index contributed by atoms with van der Waals surface area (Å²) in [5, 5.41) is 32.0. The van der Waals surface area contributed by atoms with E-state index in [1.165, 1.54) is 31.2 Å². The largest absolute Gasteiger partial charge is 0.508 e. The number of aromatic hydroxyl groups is 1. The average molecular weight is 698 g/mol. The van der Waals surface area contributed by atoms with Crippen molar-refractivity contribution < 1.29 is 87.6 Å². The quantitative estimate of drug-likeness (QED) is 0.139. The molecule has 3 heterocycles. The van der Waals surface area contributed by atoms with Crippen LogP contribution >= 0.6 is 0 Å². The fourth-order valence-corrected chi connectivity index (χ4v) is 3.31. The van der Waals surface area contributed by atoms with Gasteiger partial charge in [-0.15, -0.1) is 0 Å². The zero-order valence-corrected chi connectivity index (χ0v) is 28.6. The normalized spacial score (nSPS) is 20.1. The predicted octanol–water partition coefficient (Wildman–Crippen LogP) is 3.22. The topological polar surface area (TPSA) is 220 Å². The minimum absolute atomic E-state index is 0. The smallest absolute Gasteiger partial charge is 0.338 e. The van der Waals surface area contributed by atoms with Crippen LogP contribution in [0.2, 0.25) is 0 Å². The summed E-state index contributed by atoms with van der Waals surface area (Å²) in [6.45, 7) is 20.6.